The molecule has 1 aliphatic carbocycles. The van der Waals surface area contributed by atoms with Crippen LogP contribution in [0, 0.1) is 0 Å². The molecule has 1 saturated carbocycles. The summed E-state index contributed by atoms with van der Waals surface area (Å²) >= 11 is 2.00. The minimum Gasteiger partial charge on any atom is -0.356 e. The number of nitrogens with zero attached hydrogens (tertiary/aromatic N) is 2. The molecule has 2 aliphatic rings. The number of hydrogen-bond acceptors (Lipinski definition) is 3. The molecule has 0 amide bonds. The van der Waals surface area contributed by atoms with Crippen molar-refractivity contribution in [3.8, 4) is 0 Å². The second-order valence-electron chi connectivity index (χ2n) is 6.27. The van der Waals surface area contributed by atoms with E-state index in [-0.39, 0.29) is 0 Å². The van der Waals surface area contributed by atoms with Crippen LogP contribution >= 0.6 is 11.8 Å². The first-order valence-electron chi connectivity index (χ1n) is 8.54. The first kappa shape index (κ1) is 16.9. The highest BCUT2D eigenvalue weighted by Crippen LogP contribution is 2.27. The van der Waals surface area contributed by atoms with Crippen molar-refractivity contribution in [3.63, 3.8) is 0 Å². The van der Waals surface area contributed by atoms with Crippen molar-refractivity contribution in [2.75, 3.05) is 39.5 Å². The Hall–Kier alpha value is -0.420. The third-order valence-corrected chi connectivity index (χ3v) is 5.77. The normalized spacial score (nSPS) is 27.2. The number of rotatable bonds is 7. The lowest BCUT2D eigenvalue weighted by molar-refractivity contribution is 0.330. The number of likely N-dealkylation sites (tertiary alicyclic amines) is 1. The van der Waals surface area contributed by atoms with Crippen LogP contribution in [0.4, 0.5) is 0 Å². The Kier molecular flexibility index (Phi) is 7.72. The first-order chi connectivity index (χ1) is 10.3. The van der Waals surface area contributed by atoms with Crippen molar-refractivity contribution in [3.05, 3.63) is 0 Å². The molecule has 0 radical (unpaired) electrons. The summed E-state index contributed by atoms with van der Waals surface area (Å²) in [4.78, 5) is 6.95. The third-order valence-electron chi connectivity index (χ3n) is 4.67. The molecule has 2 atom stereocenters. The average Bonchev–Trinajstić information content (AvgIpc) is 3.16. The molecule has 122 valence electrons. The molecule has 1 aliphatic heterocycles. The molecule has 0 aromatic rings. The molecule has 1 heterocycles. The number of thioether (sulfide) groups is 1. The predicted octanol–water partition coefficient (Wildman–Crippen LogP) is 2.31. The highest BCUT2D eigenvalue weighted by Gasteiger charge is 2.24. The van der Waals surface area contributed by atoms with Crippen LogP contribution < -0.4 is 10.6 Å². The molecule has 21 heavy (non-hydrogen) atoms. The largest absolute Gasteiger partial charge is 0.356 e. The van der Waals surface area contributed by atoms with Crippen molar-refractivity contribution in [2.45, 2.75) is 56.2 Å². The Balaban J connectivity index is 1.53. The quantitative estimate of drug-likeness (QED) is 0.430. The Morgan fingerprint density at radius 1 is 1.24 bits per heavy atom. The van der Waals surface area contributed by atoms with Crippen molar-refractivity contribution < 1.29 is 0 Å². The van der Waals surface area contributed by atoms with Gasteiger partial charge < -0.3 is 15.5 Å². The molecule has 2 N–H and O–H groups in total. The lowest BCUT2D eigenvalue weighted by Gasteiger charge is -2.18. The number of aliphatic imine (C=N–C) groups is 1. The van der Waals surface area contributed by atoms with E-state index < -0.39 is 0 Å². The van der Waals surface area contributed by atoms with Crippen molar-refractivity contribution in [1.82, 2.24) is 15.5 Å². The van der Waals surface area contributed by atoms with Gasteiger partial charge in [-0.25, -0.2) is 0 Å². The van der Waals surface area contributed by atoms with E-state index in [0.29, 0.717) is 6.04 Å². The van der Waals surface area contributed by atoms with Crippen LogP contribution in [0.25, 0.3) is 0 Å². The predicted molar refractivity (Wildman–Crippen MR) is 94.3 cm³/mol. The monoisotopic (exact) mass is 312 g/mol. The molecule has 2 unspecified atom stereocenters. The second-order valence-corrected chi connectivity index (χ2v) is 7.40. The van der Waals surface area contributed by atoms with E-state index in [1.165, 1.54) is 64.6 Å². The molecular weight excluding hydrogens is 280 g/mol. The fourth-order valence-corrected chi connectivity index (χ4v) is 4.14. The molecule has 2 rings (SSSR count). The van der Waals surface area contributed by atoms with Gasteiger partial charge in [0.15, 0.2) is 5.96 Å². The summed E-state index contributed by atoms with van der Waals surface area (Å²) in [7, 11) is 1.88. The second kappa shape index (κ2) is 9.57. The number of guanidine groups is 1. The summed E-state index contributed by atoms with van der Waals surface area (Å²) < 4.78 is 0. The lowest BCUT2D eigenvalue weighted by Crippen LogP contribution is -2.43. The molecule has 0 spiro atoms. The highest BCUT2D eigenvalue weighted by atomic mass is 32.2. The minimum absolute atomic E-state index is 0.609. The fourth-order valence-electron chi connectivity index (χ4n) is 3.35. The average molecular weight is 313 g/mol. The van der Waals surface area contributed by atoms with Gasteiger partial charge in [0.05, 0.1) is 0 Å². The topological polar surface area (TPSA) is 39.7 Å². The van der Waals surface area contributed by atoms with Gasteiger partial charge in [0, 0.05) is 24.9 Å². The van der Waals surface area contributed by atoms with E-state index in [4.69, 9.17) is 0 Å². The maximum Gasteiger partial charge on any atom is 0.191 e. The van der Waals surface area contributed by atoms with Crippen molar-refractivity contribution in [1.29, 1.82) is 0 Å². The zero-order valence-corrected chi connectivity index (χ0v) is 14.6. The van der Waals surface area contributed by atoms with Crippen LogP contribution in [0.1, 0.15) is 44.9 Å². The van der Waals surface area contributed by atoms with Gasteiger partial charge in [-0.2, -0.15) is 11.8 Å². The van der Waals surface area contributed by atoms with Gasteiger partial charge in [0.1, 0.15) is 0 Å². The maximum absolute atomic E-state index is 4.35. The Labute approximate surface area is 134 Å². The van der Waals surface area contributed by atoms with Crippen molar-refractivity contribution >= 4 is 17.7 Å². The molecule has 1 saturated heterocycles. The summed E-state index contributed by atoms with van der Waals surface area (Å²) in [6.07, 6.45) is 11.4. The first-order valence-corrected chi connectivity index (χ1v) is 9.83. The van der Waals surface area contributed by atoms with Gasteiger partial charge in [-0.05, 0) is 70.8 Å². The minimum atomic E-state index is 0.609. The lowest BCUT2D eigenvalue weighted by atomic mass is 10.2. The SMILES string of the molecule is CN=C(NCCCCN1CCCC1)NC1CCC(SC)C1. The fraction of sp³-hybridized carbons (Fsp3) is 0.938. The van der Waals surface area contributed by atoms with Crippen LogP contribution in [0.5, 0.6) is 0 Å². The van der Waals surface area contributed by atoms with E-state index in [2.05, 4.69) is 26.8 Å². The maximum atomic E-state index is 4.35. The third kappa shape index (κ3) is 6.07. The molecule has 0 bridgehead atoms. The van der Waals surface area contributed by atoms with Crippen LogP contribution in [-0.4, -0.2) is 61.6 Å². The number of hydrogen-bond donors (Lipinski definition) is 2. The summed E-state index contributed by atoms with van der Waals surface area (Å²) in [5.74, 6) is 0.989. The van der Waals surface area contributed by atoms with E-state index in [1.807, 2.05) is 18.8 Å². The van der Waals surface area contributed by atoms with Crippen molar-refractivity contribution in [2.24, 2.45) is 4.99 Å². The zero-order valence-electron chi connectivity index (χ0n) is 13.7. The van der Waals surface area contributed by atoms with Crippen LogP contribution in [0.2, 0.25) is 0 Å². The Morgan fingerprint density at radius 2 is 2.05 bits per heavy atom. The van der Waals surface area contributed by atoms with Crippen LogP contribution in [0.3, 0.4) is 0 Å². The van der Waals surface area contributed by atoms with Gasteiger partial charge in [0.25, 0.3) is 0 Å². The number of unbranched alkanes of at least 4 members (excludes halogenated alkanes) is 1. The zero-order chi connectivity index (χ0) is 14.9. The van der Waals surface area contributed by atoms with Gasteiger partial charge in [-0.1, -0.05) is 0 Å². The molecule has 2 fully saturated rings. The molecular formula is C16H32N4S. The summed E-state index contributed by atoms with van der Waals surface area (Å²) in [6, 6.07) is 0.609. The van der Waals surface area contributed by atoms with E-state index in [1.54, 1.807) is 0 Å². The Bertz CT molecular complexity index is 315. The van der Waals surface area contributed by atoms with E-state index in [0.717, 1.165) is 17.8 Å². The smallest absolute Gasteiger partial charge is 0.191 e. The summed E-state index contributed by atoms with van der Waals surface area (Å²) in [5, 5.41) is 7.88. The van der Waals surface area contributed by atoms with Crippen LogP contribution in [-0.2, 0) is 0 Å². The van der Waals surface area contributed by atoms with Gasteiger partial charge in [0.2, 0.25) is 0 Å². The molecule has 0 aromatic heterocycles. The summed E-state index contributed by atoms with van der Waals surface area (Å²) in [6.45, 7) is 4.93. The summed E-state index contributed by atoms with van der Waals surface area (Å²) in [5.41, 5.74) is 0. The van der Waals surface area contributed by atoms with E-state index in [9.17, 15) is 0 Å². The van der Waals surface area contributed by atoms with Gasteiger partial charge in [-0.15, -0.1) is 0 Å². The standard InChI is InChI=1S/C16H32N4S/c1-17-16(19-14-7-8-15(13-14)21-2)18-9-3-4-10-20-11-5-6-12-20/h14-15H,3-13H2,1-2H3,(H2,17,18,19). The molecule has 0 aromatic carbocycles. The Morgan fingerprint density at radius 3 is 2.71 bits per heavy atom. The molecule has 4 nitrogen and oxygen atoms in total. The van der Waals surface area contributed by atoms with E-state index >= 15 is 0 Å². The number of nitrogens with one attached hydrogen (secondary N) is 2. The van der Waals surface area contributed by atoms with Gasteiger partial charge in [-0.3, -0.25) is 4.99 Å². The molecule has 5 heteroatoms. The highest BCUT2D eigenvalue weighted by molar-refractivity contribution is 7.99. The van der Waals surface area contributed by atoms with Gasteiger partial charge >= 0.3 is 0 Å². The van der Waals surface area contributed by atoms with Crippen LogP contribution in [0.15, 0.2) is 4.99 Å².